The fourth-order valence-electron chi connectivity index (χ4n) is 1.63. The molecule has 1 heterocycles. The Morgan fingerprint density at radius 2 is 2.07 bits per heavy atom. The molecule has 14 heavy (non-hydrogen) atoms. The van der Waals surface area contributed by atoms with Crippen molar-refractivity contribution in [3.8, 4) is 0 Å². The second-order valence-corrected chi connectivity index (χ2v) is 3.62. The van der Waals surface area contributed by atoms with Gasteiger partial charge in [-0.3, -0.25) is 4.90 Å². The van der Waals surface area contributed by atoms with Crippen LogP contribution in [0.1, 0.15) is 13.3 Å². The number of likely N-dealkylation sites (tertiary alicyclic amines) is 1. The Balaban J connectivity index is 2.58. The first kappa shape index (κ1) is 11.2. The van der Waals surface area contributed by atoms with Crippen LogP contribution in [0, 0.1) is 0 Å². The highest BCUT2D eigenvalue weighted by Gasteiger charge is 2.16. The molecule has 0 radical (unpaired) electrons. The molecule has 0 atom stereocenters. The molecule has 1 aliphatic heterocycles. The molecule has 0 aliphatic carbocycles. The van der Waals surface area contributed by atoms with Crippen molar-refractivity contribution in [1.82, 2.24) is 4.90 Å². The lowest BCUT2D eigenvalue weighted by Gasteiger charge is -2.01. The lowest BCUT2D eigenvalue weighted by atomic mass is 10.1. The van der Waals surface area contributed by atoms with E-state index < -0.39 is 0 Å². The minimum atomic E-state index is 0.232. The van der Waals surface area contributed by atoms with Crippen LogP contribution in [0.3, 0.4) is 0 Å². The van der Waals surface area contributed by atoms with Gasteiger partial charge in [0.25, 0.3) is 0 Å². The first-order chi connectivity index (χ1) is 6.77. The van der Waals surface area contributed by atoms with Crippen LogP contribution in [0.25, 0.3) is 0 Å². The first-order valence-corrected chi connectivity index (χ1v) is 5.08. The van der Waals surface area contributed by atoms with Gasteiger partial charge >= 0.3 is 0 Å². The summed E-state index contributed by atoms with van der Waals surface area (Å²) in [7, 11) is 2.13. The fourth-order valence-corrected chi connectivity index (χ4v) is 1.63. The Bertz CT molecular complexity index is 263. The van der Waals surface area contributed by atoms with Crippen molar-refractivity contribution in [3.63, 3.8) is 0 Å². The minimum absolute atomic E-state index is 0.232. The van der Waals surface area contributed by atoms with Gasteiger partial charge < -0.3 is 5.11 Å². The van der Waals surface area contributed by atoms with Crippen molar-refractivity contribution in [2.75, 3.05) is 26.7 Å². The molecule has 0 amide bonds. The van der Waals surface area contributed by atoms with Gasteiger partial charge in [-0.1, -0.05) is 24.3 Å². The minimum Gasteiger partial charge on any atom is -0.396 e. The zero-order chi connectivity index (χ0) is 10.4. The second kappa shape index (κ2) is 5.78. The summed E-state index contributed by atoms with van der Waals surface area (Å²) in [6.07, 6.45) is 9.10. The molecule has 1 saturated heterocycles. The average Bonchev–Trinajstić information content (AvgIpc) is 2.54. The van der Waals surface area contributed by atoms with E-state index in [1.54, 1.807) is 0 Å². The molecule has 2 heteroatoms. The number of hydrogen-bond acceptors (Lipinski definition) is 2. The van der Waals surface area contributed by atoms with Gasteiger partial charge in [0.1, 0.15) is 0 Å². The summed E-state index contributed by atoms with van der Waals surface area (Å²) in [4.78, 5) is 2.29. The van der Waals surface area contributed by atoms with Gasteiger partial charge in [-0.05, 0) is 31.5 Å². The Labute approximate surface area is 86.2 Å². The van der Waals surface area contributed by atoms with E-state index in [-0.39, 0.29) is 6.61 Å². The summed E-state index contributed by atoms with van der Waals surface area (Å²) in [6.45, 7) is 4.40. The van der Waals surface area contributed by atoms with Crippen molar-refractivity contribution in [3.05, 3.63) is 35.5 Å². The molecule has 1 aliphatic rings. The molecular weight excluding hydrogens is 174 g/mol. The Hall–Kier alpha value is -0.860. The molecule has 78 valence electrons. The van der Waals surface area contributed by atoms with E-state index in [4.69, 9.17) is 5.11 Å². The van der Waals surface area contributed by atoms with Crippen LogP contribution in [0.2, 0.25) is 0 Å². The third kappa shape index (κ3) is 3.13. The summed E-state index contributed by atoms with van der Waals surface area (Å²) < 4.78 is 0. The molecule has 0 saturated carbocycles. The van der Waals surface area contributed by atoms with Crippen molar-refractivity contribution in [2.24, 2.45) is 0 Å². The monoisotopic (exact) mass is 193 g/mol. The van der Waals surface area contributed by atoms with E-state index in [2.05, 4.69) is 31.0 Å². The van der Waals surface area contributed by atoms with Gasteiger partial charge in [0.2, 0.25) is 0 Å². The van der Waals surface area contributed by atoms with Gasteiger partial charge in [0, 0.05) is 19.7 Å². The lowest BCUT2D eigenvalue weighted by molar-refractivity contribution is 0.302. The molecule has 0 aromatic heterocycles. The molecule has 0 bridgehead atoms. The molecule has 1 N–H and O–H groups in total. The standard InChI is InChI=1S/C12H19NO/c1-3-11-9-13(2)10-12(11)7-5-4-6-8-14/h3-5,7,14H,6,8-10H2,1-2H3/b5-4-,11-3-,12-7-. The average molecular weight is 193 g/mol. The van der Waals surface area contributed by atoms with Crippen molar-refractivity contribution in [2.45, 2.75) is 13.3 Å². The highest BCUT2D eigenvalue weighted by molar-refractivity contribution is 5.39. The number of aliphatic hydroxyl groups is 1. The zero-order valence-corrected chi connectivity index (χ0v) is 9.03. The maximum absolute atomic E-state index is 8.61. The van der Waals surface area contributed by atoms with E-state index in [1.807, 2.05) is 12.2 Å². The molecule has 2 nitrogen and oxygen atoms in total. The van der Waals surface area contributed by atoms with Gasteiger partial charge in [-0.2, -0.15) is 0 Å². The molecule has 0 spiro atoms. The Kier molecular flexibility index (Phi) is 4.63. The third-order valence-corrected chi connectivity index (χ3v) is 2.37. The lowest BCUT2D eigenvalue weighted by Crippen LogP contribution is -2.11. The van der Waals surface area contributed by atoms with E-state index >= 15 is 0 Å². The number of nitrogens with zero attached hydrogens (tertiary/aromatic N) is 1. The highest BCUT2D eigenvalue weighted by atomic mass is 16.2. The summed E-state index contributed by atoms with van der Waals surface area (Å²) in [5.74, 6) is 0. The smallest absolute Gasteiger partial charge is 0.0465 e. The Morgan fingerprint density at radius 3 is 2.71 bits per heavy atom. The zero-order valence-electron chi connectivity index (χ0n) is 9.03. The Morgan fingerprint density at radius 1 is 1.36 bits per heavy atom. The number of hydrogen-bond donors (Lipinski definition) is 1. The van der Waals surface area contributed by atoms with Crippen molar-refractivity contribution >= 4 is 0 Å². The van der Waals surface area contributed by atoms with Crippen LogP contribution in [-0.4, -0.2) is 36.8 Å². The van der Waals surface area contributed by atoms with Gasteiger partial charge in [-0.15, -0.1) is 0 Å². The van der Waals surface area contributed by atoms with Crippen LogP contribution in [0.15, 0.2) is 35.5 Å². The molecule has 0 aromatic carbocycles. The summed E-state index contributed by atoms with van der Waals surface area (Å²) in [5, 5.41) is 8.61. The predicted molar refractivity (Wildman–Crippen MR) is 60.2 cm³/mol. The van der Waals surface area contributed by atoms with Crippen molar-refractivity contribution in [1.29, 1.82) is 0 Å². The van der Waals surface area contributed by atoms with Crippen LogP contribution in [0.4, 0.5) is 0 Å². The largest absolute Gasteiger partial charge is 0.396 e. The molecule has 1 rings (SSSR count). The van der Waals surface area contributed by atoms with Crippen molar-refractivity contribution < 1.29 is 5.11 Å². The molecular formula is C12H19NO. The van der Waals surface area contributed by atoms with E-state index in [0.717, 1.165) is 19.5 Å². The van der Waals surface area contributed by atoms with Gasteiger partial charge in [0.05, 0.1) is 0 Å². The van der Waals surface area contributed by atoms with Gasteiger partial charge in [0.15, 0.2) is 0 Å². The maximum Gasteiger partial charge on any atom is 0.0465 e. The summed E-state index contributed by atoms with van der Waals surface area (Å²) in [5.41, 5.74) is 2.81. The SMILES string of the molecule is C/C=C1/CN(C)C/C1=C/C=C\CCO. The maximum atomic E-state index is 8.61. The number of likely N-dealkylation sites (N-methyl/N-ethyl adjacent to an activating group) is 1. The first-order valence-electron chi connectivity index (χ1n) is 5.08. The molecule has 0 unspecified atom stereocenters. The third-order valence-electron chi connectivity index (χ3n) is 2.37. The summed E-state index contributed by atoms with van der Waals surface area (Å²) in [6, 6.07) is 0. The number of rotatable bonds is 3. The van der Waals surface area contributed by atoms with Crippen LogP contribution in [0.5, 0.6) is 0 Å². The normalized spacial score (nSPS) is 24.5. The second-order valence-electron chi connectivity index (χ2n) is 3.62. The summed E-state index contributed by atoms with van der Waals surface area (Å²) >= 11 is 0. The fraction of sp³-hybridized carbons (Fsp3) is 0.500. The van der Waals surface area contributed by atoms with Gasteiger partial charge in [-0.25, -0.2) is 0 Å². The van der Waals surface area contributed by atoms with Crippen LogP contribution < -0.4 is 0 Å². The van der Waals surface area contributed by atoms with E-state index in [0.29, 0.717) is 0 Å². The van der Waals surface area contributed by atoms with Crippen LogP contribution >= 0.6 is 0 Å². The quantitative estimate of drug-likeness (QED) is 0.738. The van der Waals surface area contributed by atoms with E-state index in [1.165, 1.54) is 11.1 Å². The number of allylic oxidation sites excluding steroid dienone is 3. The highest BCUT2D eigenvalue weighted by Crippen LogP contribution is 2.19. The number of aliphatic hydroxyl groups excluding tert-OH is 1. The predicted octanol–water partition coefficient (Wildman–Crippen LogP) is 1.74. The van der Waals surface area contributed by atoms with Crippen LogP contribution in [-0.2, 0) is 0 Å². The topological polar surface area (TPSA) is 23.5 Å². The molecule has 0 aromatic rings. The van der Waals surface area contributed by atoms with E-state index in [9.17, 15) is 0 Å². The molecule has 1 fully saturated rings.